The molecule has 1 aliphatic rings. The van der Waals surface area contributed by atoms with E-state index in [1.54, 1.807) is 10.8 Å². The third-order valence-corrected chi connectivity index (χ3v) is 3.18. The van der Waals surface area contributed by atoms with E-state index in [4.69, 9.17) is 10.8 Å². The zero-order valence-corrected chi connectivity index (χ0v) is 9.95. The van der Waals surface area contributed by atoms with E-state index in [9.17, 15) is 9.90 Å². The Bertz CT molecular complexity index is 717. The molecule has 0 amide bonds. The van der Waals surface area contributed by atoms with E-state index in [-0.39, 0.29) is 29.5 Å². The number of hydrogen-bond donors (Lipinski definition) is 4. The zero-order chi connectivity index (χ0) is 13.6. The molecule has 2 aromatic rings. The molecule has 2 atom stereocenters. The van der Waals surface area contributed by atoms with E-state index in [0.29, 0.717) is 12.1 Å². The fourth-order valence-electron chi connectivity index (χ4n) is 2.07. The molecule has 3 rings (SSSR count). The van der Waals surface area contributed by atoms with Crippen molar-refractivity contribution >= 4 is 23.3 Å². The Hall–Kier alpha value is -2.19. The highest BCUT2D eigenvalue weighted by atomic mass is 16.3. The molecular formula is C11H13N5O3. The Balaban J connectivity index is 2.00. The molecule has 0 spiro atoms. The second kappa shape index (κ2) is 4.18. The highest BCUT2D eigenvalue weighted by Gasteiger charge is 2.36. The topological polar surface area (TPSA) is 130 Å². The number of imidazole rings is 1. The lowest BCUT2D eigenvalue weighted by Gasteiger charge is -2.01. The lowest BCUT2D eigenvalue weighted by atomic mass is 10.2. The lowest BCUT2D eigenvalue weighted by Crippen LogP contribution is -2.14. The summed E-state index contributed by atoms with van der Waals surface area (Å²) in [6.45, 7) is -0.266. The Morgan fingerprint density at radius 2 is 2.47 bits per heavy atom. The number of nitrogens with zero attached hydrogens (tertiary/aromatic N) is 3. The van der Waals surface area contributed by atoms with Crippen LogP contribution < -0.4 is 11.3 Å². The Labute approximate surface area is 107 Å². The summed E-state index contributed by atoms with van der Waals surface area (Å²) < 4.78 is 1.60. The zero-order valence-electron chi connectivity index (χ0n) is 9.95. The molecule has 1 aliphatic carbocycles. The van der Waals surface area contributed by atoms with Crippen LogP contribution in [0.2, 0.25) is 0 Å². The fraction of sp³-hybridized carbons (Fsp3) is 0.364. The van der Waals surface area contributed by atoms with Crippen LogP contribution in [0.3, 0.4) is 0 Å². The molecule has 1 fully saturated rings. The second-order valence-corrected chi connectivity index (χ2v) is 4.54. The summed E-state index contributed by atoms with van der Waals surface area (Å²) in [7, 11) is 0. The summed E-state index contributed by atoms with van der Waals surface area (Å²) in [5.41, 5.74) is 6.67. The van der Waals surface area contributed by atoms with Gasteiger partial charge in [-0.25, -0.2) is 4.98 Å². The summed E-state index contributed by atoms with van der Waals surface area (Å²) in [5, 5.41) is 18.4. The number of aromatic amines is 1. The first-order valence-electron chi connectivity index (χ1n) is 5.82. The molecule has 19 heavy (non-hydrogen) atoms. The van der Waals surface area contributed by atoms with Crippen molar-refractivity contribution in [2.24, 2.45) is 5.92 Å². The maximum absolute atomic E-state index is 11.6. The van der Waals surface area contributed by atoms with Crippen LogP contribution in [0.1, 0.15) is 6.42 Å². The molecule has 1 saturated carbocycles. The number of H-pyrrole nitrogens is 1. The molecule has 2 heterocycles. The average molecular weight is 263 g/mol. The highest BCUT2D eigenvalue weighted by molar-refractivity contribution is 5.73. The number of anilines is 1. The molecule has 8 heteroatoms. The third-order valence-electron chi connectivity index (χ3n) is 3.18. The first-order valence-corrected chi connectivity index (χ1v) is 5.82. The van der Waals surface area contributed by atoms with Gasteiger partial charge in [0.05, 0.1) is 12.7 Å². The first-order chi connectivity index (χ1) is 9.10. The van der Waals surface area contributed by atoms with Crippen molar-refractivity contribution in [1.29, 1.82) is 0 Å². The average Bonchev–Trinajstić information content (AvgIpc) is 3.02. The Kier molecular flexibility index (Phi) is 2.61. The second-order valence-electron chi connectivity index (χ2n) is 4.54. The van der Waals surface area contributed by atoms with Gasteiger partial charge >= 0.3 is 0 Å². The smallest absolute Gasteiger partial charge is 0.280 e. The highest BCUT2D eigenvalue weighted by Crippen LogP contribution is 2.41. The van der Waals surface area contributed by atoms with Gasteiger partial charge in [0.25, 0.3) is 5.56 Å². The van der Waals surface area contributed by atoms with Crippen LogP contribution in [-0.4, -0.2) is 42.4 Å². The molecule has 0 aromatic carbocycles. The number of aliphatic hydroxyl groups excluding tert-OH is 2. The molecule has 8 nitrogen and oxygen atoms in total. The maximum Gasteiger partial charge on any atom is 0.280 e. The van der Waals surface area contributed by atoms with Crippen LogP contribution in [0, 0.1) is 5.92 Å². The van der Waals surface area contributed by atoms with Crippen molar-refractivity contribution in [3.63, 3.8) is 0 Å². The minimum Gasteiger partial charge on any atom is -0.394 e. The van der Waals surface area contributed by atoms with Gasteiger partial charge in [0.1, 0.15) is 6.33 Å². The van der Waals surface area contributed by atoms with Crippen LogP contribution in [0.5, 0.6) is 0 Å². The minimum absolute atomic E-state index is 0.0281. The van der Waals surface area contributed by atoms with E-state index < -0.39 is 6.10 Å². The van der Waals surface area contributed by atoms with Gasteiger partial charge in [-0.15, -0.1) is 0 Å². The molecule has 0 radical (unpaired) electrons. The number of aliphatic hydroxyl groups is 2. The van der Waals surface area contributed by atoms with Crippen LogP contribution in [-0.2, 0) is 0 Å². The largest absolute Gasteiger partial charge is 0.394 e. The number of rotatable bonds is 3. The maximum atomic E-state index is 11.6. The predicted molar refractivity (Wildman–Crippen MR) is 68.0 cm³/mol. The van der Waals surface area contributed by atoms with Crippen molar-refractivity contribution in [2.75, 3.05) is 12.3 Å². The SMILES string of the molecule is Nc1nc2c(ncn2/C=C2\CC2[C@H](O)CO)c(=O)[nH]1. The molecule has 1 unspecified atom stereocenters. The van der Waals surface area contributed by atoms with Gasteiger partial charge < -0.3 is 15.9 Å². The summed E-state index contributed by atoms with van der Waals surface area (Å²) >= 11 is 0. The molecule has 0 bridgehead atoms. The van der Waals surface area contributed by atoms with Crippen molar-refractivity contribution in [3.8, 4) is 0 Å². The molecule has 0 saturated heterocycles. The van der Waals surface area contributed by atoms with E-state index in [2.05, 4.69) is 15.0 Å². The number of nitrogen functional groups attached to an aromatic ring is 1. The Morgan fingerprint density at radius 1 is 1.68 bits per heavy atom. The lowest BCUT2D eigenvalue weighted by molar-refractivity contribution is 0.0815. The number of nitrogens with two attached hydrogens (primary N) is 1. The van der Waals surface area contributed by atoms with Gasteiger partial charge in [0.15, 0.2) is 11.2 Å². The monoisotopic (exact) mass is 263 g/mol. The van der Waals surface area contributed by atoms with Crippen molar-refractivity contribution < 1.29 is 10.2 Å². The normalized spacial score (nSPS) is 22.0. The van der Waals surface area contributed by atoms with E-state index in [1.807, 2.05) is 0 Å². The summed E-state index contributed by atoms with van der Waals surface area (Å²) in [5.74, 6) is -0.0119. The van der Waals surface area contributed by atoms with Crippen LogP contribution in [0.4, 0.5) is 5.95 Å². The molecule has 100 valence electrons. The molecule has 2 aromatic heterocycles. The number of hydrogen-bond acceptors (Lipinski definition) is 6. The van der Waals surface area contributed by atoms with Crippen molar-refractivity contribution in [1.82, 2.24) is 19.5 Å². The Morgan fingerprint density at radius 3 is 3.21 bits per heavy atom. The number of aromatic nitrogens is 4. The van der Waals surface area contributed by atoms with E-state index >= 15 is 0 Å². The van der Waals surface area contributed by atoms with E-state index in [0.717, 1.165) is 5.57 Å². The van der Waals surface area contributed by atoms with Gasteiger partial charge in [-0.1, -0.05) is 0 Å². The minimum atomic E-state index is -0.748. The van der Waals surface area contributed by atoms with Gasteiger partial charge in [-0.05, 0) is 12.0 Å². The third kappa shape index (κ3) is 2.00. The van der Waals surface area contributed by atoms with Crippen molar-refractivity contribution in [3.05, 3.63) is 22.3 Å². The van der Waals surface area contributed by atoms with Crippen LogP contribution in [0.25, 0.3) is 17.4 Å². The summed E-state index contributed by atoms with van der Waals surface area (Å²) in [6.07, 6.45) is 3.19. The first kappa shape index (κ1) is 11.9. The van der Waals surface area contributed by atoms with Gasteiger partial charge in [-0.3, -0.25) is 14.3 Å². The summed E-state index contributed by atoms with van der Waals surface area (Å²) in [6, 6.07) is 0. The standard InChI is InChI=1S/C11H13N5O3/c12-11-14-9-8(10(19)15-11)13-4-16(9)2-5-1-6(5)7(18)3-17/h2,4,6-7,17-18H,1,3H2,(H3,12,14,15,19)/b5-2+/t6?,7-/m1/s1. The van der Waals surface area contributed by atoms with Crippen molar-refractivity contribution in [2.45, 2.75) is 12.5 Å². The molecule has 0 aliphatic heterocycles. The predicted octanol–water partition coefficient (Wildman–Crippen LogP) is -1.08. The van der Waals surface area contributed by atoms with E-state index in [1.165, 1.54) is 6.33 Å². The number of fused-ring (bicyclic) bond motifs is 1. The molecule has 5 N–H and O–H groups in total. The molecular weight excluding hydrogens is 250 g/mol. The van der Waals surface area contributed by atoms with Gasteiger partial charge in [-0.2, -0.15) is 4.98 Å². The van der Waals surface area contributed by atoms with Gasteiger partial charge in [0.2, 0.25) is 5.95 Å². The van der Waals surface area contributed by atoms with Gasteiger partial charge in [0, 0.05) is 12.1 Å². The van der Waals surface area contributed by atoms with Crippen LogP contribution in [0.15, 0.2) is 16.7 Å². The van der Waals surface area contributed by atoms with Crippen LogP contribution >= 0.6 is 0 Å². The number of nitrogens with one attached hydrogen (secondary N) is 1. The summed E-state index contributed by atoms with van der Waals surface area (Å²) in [4.78, 5) is 22.0. The quantitative estimate of drug-likeness (QED) is 0.557. The fourth-order valence-corrected chi connectivity index (χ4v) is 2.07.